The summed E-state index contributed by atoms with van der Waals surface area (Å²) in [6, 6.07) is 28.3. The van der Waals surface area contributed by atoms with E-state index < -0.39 is 11.2 Å². The lowest BCUT2D eigenvalue weighted by molar-refractivity contribution is -0.0893. The van der Waals surface area contributed by atoms with Crippen molar-refractivity contribution in [3.8, 4) is 33.4 Å². The van der Waals surface area contributed by atoms with Gasteiger partial charge >= 0.3 is 7.48 Å². The molecule has 0 spiro atoms. The molecule has 0 saturated heterocycles. The van der Waals surface area contributed by atoms with Crippen LogP contribution in [0.4, 0.5) is 0 Å². The Bertz CT molecular complexity index is 1270. The minimum absolute atomic E-state index is 0.456. The van der Waals surface area contributed by atoms with E-state index in [4.69, 9.17) is 4.65 Å². The molecule has 4 aromatic rings. The van der Waals surface area contributed by atoms with Gasteiger partial charge in [0.15, 0.2) is 0 Å². The van der Waals surface area contributed by atoms with Gasteiger partial charge in [-0.3, -0.25) is 0 Å². The number of hydrogen-bond acceptors (Lipinski definition) is 2. The molecule has 0 saturated carbocycles. The second kappa shape index (κ2) is 7.08. The third kappa shape index (κ3) is 3.29. The highest BCUT2D eigenvalue weighted by molar-refractivity contribution is 6.47. The molecular weight excluding hydrogens is 379 g/mol. The number of hydrogen-bond donors (Lipinski definition) is 1. The molecule has 0 heterocycles. The summed E-state index contributed by atoms with van der Waals surface area (Å²) in [7, 11) is 0.456. The fourth-order valence-corrected chi connectivity index (χ4v) is 4.33. The van der Waals surface area contributed by atoms with Gasteiger partial charge in [-0.25, -0.2) is 0 Å². The molecule has 1 aliphatic carbocycles. The Balaban J connectivity index is 1.55. The molecule has 0 radical (unpaired) electrons. The van der Waals surface area contributed by atoms with Gasteiger partial charge in [0.05, 0.1) is 11.2 Å². The van der Waals surface area contributed by atoms with E-state index in [1.807, 2.05) is 13.8 Å². The van der Waals surface area contributed by atoms with Gasteiger partial charge in [0.25, 0.3) is 0 Å². The zero-order valence-corrected chi connectivity index (χ0v) is 18.6. The Morgan fingerprint density at radius 1 is 0.677 bits per heavy atom. The molecule has 0 atom stereocenters. The Labute approximate surface area is 184 Å². The van der Waals surface area contributed by atoms with Crippen molar-refractivity contribution < 1.29 is 9.76 Å². The Kier molecular flexibility index (Phi) is 4.58. The minimum atomic E-state index is -0.919. The van der Waals surface area contributed by atoms with E-state index in [2.05, 4.69) is 78.9 Å². The van der Waals surface area contributed by atoms with Gasteiger partial charge in [0.1, 0.15) is 0 Å². The fourth-order valence-electron chi connectivity index (χ4n) is 4.33. The third-order valence-corrected chi connectivity index (χ3v) is 6.86. The van der Waals surface area contributed by atoms with Crippen molar-refractivity contribution in [2.45, 2.75) is 38.9 Å². The molecule has 31 heavy (non-hydrogen) atoms. The third-order valence-electron chi connectivity index (χ3n) is 6.86. The summed E-state index contributed by atoms with van der Waals surface area (Å²) in [4.78, 5) is 0. The zero-order valence-electron chi connectivity index (χ0n) is 18.6. The highest BCUT2D eigenvalue weighted by atomic mass is 16.5. The van der Waals surface area contributed by atoms with Crippen molar-refractivity contribution in [2.75, 3.05) is 0 Å². The second-order valence-corrected chi connectivity index (χ2v) is 9.49. The lowest BCUT2D eigenvalue weighted by Gasteiger charge is -2.37. The van der Waals surface area contributed by atoms with Gasteiger partial charge in [0, 0.05) is 0 Å². The van der Waals surface area contributed by atoms with Gasteiger partial charge in [-0.2, -0.15) is 0 Å². The van der Waals surface area contributed by atoms with Crippen molar-refractivity contribution in [2.24, 2.45) is 0 Å². The molecule has 2 nitrogen and oxygen atoms in total. The summed E-state index contributed by atoms with van der Waals surface area (Å²) in [6.07, 6.45) is 0. The topological polar surface area (TPSA) is 29.5 Å². The van der Waals surface area contributed by atoms with Crippen LogP contribution < -0.4 is 5.46 Å². The molecule has 0 fully saturated rings. The standard InChI is InChI=1S/C28H27BO2/c1-27(2,30)28(3,4)31-29-19-10-7-9-18(17-19)20-15-16-25-22-12-6-5-11-21(22)24-14-8-13-23(20)26(24)25/h5-17,29-30H,1-4H3. The molecule has 1 N–H and O–H groups in total. The first kappa shape index (κ1) is 20.1. The number of rotatable bonds is 5. The SMILES string of the molecule is CC(C)(O)C(C)(C)OBc1cccc(-c2ccc3c4c(cccc24)-c2ccccc2-3)c1. The van der Waals surface area contributed by atoms with E-state index in [0.29, 0.717) is 7.48 Å². The Hall–Kier alpha value is -2.88. The fraction of sp³-hybridized carbons (Fsp3) is 0.214. The zero-order chi connectivity index (χ0) is 21.8. The van der Waals surface area contributed by atoms with Crippen LogP contribution in [-0.4, -0.2) is 23.8 Å². The Morgan fingerprint density at radius 2 is 1.29 bits per heavy atom. The van der Waals surface area contributed by atoms with E-state index in [9.17, 15) is 5.11 Å². The molecule has 0 unspecified atom stereocenters. The summed E-state index contributed by atoms with van der Waals surface area (Å²) in [6.45, 7) is 7.43. The largest absolute Gasteiger partial charge is 0.427 e. The molecule has 0 bridgehead atoms. The highest BCUT2D eigenvalue weighted by Gasteiger charge is 2.35. The van der Waals surface area contributed by atoms with Gasteiger partial charge < -0.3 is 9.76 Å². The van der Waals surface area contributed by atoms with Crippen LogP contribution in [0.15, 0.2) is 78.9 Å². The van der Waals surface area contributed by atoms with E-state index in [0.717, 1.165) is 5.46 Å². The summed E-state index contributed by atoms with van der Waals surface area (Å²) in [5.41, 5.74) is 7.22. The average Bonchev–Trinajstić information content (AvgIpc) is 3.08. The summed E-state index contributed by atoms with van der Waals surface area (Å²) in [5.74, 6) is 0. The summed E-state index contributed by atoms with van der Waals surface area (Å²) in [5, 5.41) is 13.0. The monoisotopic (exact) mass is 406 g/mol. The highest BCUT2D eigenvalue weighted by Crippen LogP contribution is 2.48. The van der Waals surface area contributed by atoms with Gasteiger partial charge in [-0.1, -0.05) is 84.3 Å². The van der Waals surface area contributed by atoms with Gasteiger partial charge in [-0.05, 0) is 71.8 Å². The van der Waals surface area contributed by atoms with Crippen LogP contribution in [0.2, 0.25) is 0 Å². The van der Waals surface area contributed by atoms with Crippen LogP contribution >= 0.6 is 0 Å². The summed E-state index contributed by atoms with van der Waals surface area (Å²) >= 11 is 0. The second-order valence-electron chi connectivity index (χ2n) is 9.49. The van der Waals surface area contributed by atoms with E-state index in [1.54, 1.807) is 13.8 Å². The first-order chi connectivity index (χ1) is 14.8. The van der Waals surface area contributed by atoms with E-state index >= 15 is 0 Å². The molecule has 0 aromatic heterocycles. The van der Waals surface area contributed by atoms with Crippen LogP contribution in [0.5, 0.6) is 0 Å². The van der Waals surface area contributed by atoms with Crippen LogP contribution in [0.3, 0.4) is 0 Å². The number of benzene rings is 4. The maximum Gasteiger partial charge on any atom is 0.309 e. The van der Waals surface area contributed by atoms with Crippen molar-refractivity contribution >= 4 is 23.7 Å². The van der Waals surface area contributed by atoms with Gasteiger partial charge in [0.2, 0.25) is 0 Å². The van der Waals surface area contributed by atoms with Crippen molar-refractivity contribution in [1.82, 2.24) is 0 Å². The van der Waals surface area contributed by atoms with E-state index in [-0.39, 0.29) is 0 Å². The van der Waals surface area contributed by atoms with Crippen LogP contribution in [0.1, 0.15) is 27.7 Å². The maximum absolute atomic E-state index is 10.4. The number of aliphatic hydroxyl groups is 1. The lowest BCUT2D eigenvalue weighted by atomic mass is 9.81. The molecular formula is C28H27BO2. The molecule has 4 aromatic carbocycles. The van der Waals surface area contributed by atoms with Crippen LogP contribution in [0.25, 0.3) is 44.2 Å². The molecule has 1 aliphatic rings. The lowest BCUT2D eigenvalue weighted by Crippen LogP contribution is -2.49. The number of fused-ring (bicyclic) bond motifs is 3. The first-order valence-corrected chi connectivity index (χ1v) is 10.9. The molecule has 5 rings (SSSR count). The first-order valence-electron chi connectivity index (χ1n) is 10.9. The molecule has 3 heteroatoms. The normalized spacial score (nSPS) is 12.8. The molecule has 0 aliphatic heterocycles. The smallest absolute Gasteiger partial charge is 0.309 e. The van der Waals surface area contributed by atoms with Crippen LogP contribution in [-0.2, 0) is 4.65 Å². The predicted octanol–water partition coefficient (Wildman–Crippen LogP) is 5.70. The minimum Gasteiger partial charge on any atom is -0.427 e. The quantitative estimate of drug-likeness (QED) is 0.380. The van der Waals surface area contributed by atoms with Crippen LogP contribution in [0, 0.1) is 0 Å². The Morgan fingerprint density at radius 3 is 2.00 bits per heavy atom. The predicted molar refractivity (Wildman–Crippen MR) is 132 cm³/mol. The average molecular weight is 406 g/mol. The summed E-state index contributed by atoms with van der Waals surface area (Å²) < 4.78 is 6.10. The maximum atomic E-state index is 10.4. The molecule has 154 valence electrons. The molecule has 0 amide bonds. The van der Waals surface area contributed by atoms with Crippen molar-refractivity contribution in [3.05, 3.63) is 78.9 Å². The van der Waals surface area contributed by atoms with Gasteiger partial charge in [-0.15, -0.1) is 0 Å². The van der Waals surface area contributed by atoms with Crippen molar-refractivity contribution in [3.63, 3.8) is 0 Å². The van der Waals surface area contributed by atoms with E-state index in [1.165, 1.54) is 44.2 Å². The van der Waals surface area contributed by atoms with Crippen molar-refractivity contribution in [1.29, 1.82) is 0 Å².